The zero-order valence-electron chi connectivity index (χ0n) is 11.1. The van der Waals surface area contributed by atoms with Crippen molar-refractivity contribution in [2.24, 2.45) is 11.7 Å². The lowest BCUT2D eigenvalue weighted by Gasteiger charge is -2.36. The Kier molecular flexibility index (Phi) is 5.45. The Morgan fingerprint density at radius 3 is 2.44 bits per heavy atom. The predicted octanol–water partition coefficient (Wildman–Crippen LogP) is 3.41. The van der Waals surface area contributed by atoms with E-state index in [4.69, 9.17) is 5.73 Å². The lowest BCUT2D eigenvalue weighted by atomic mass is 9.92. The minimum atomic E-state index is 0.542. The molecule has 3 heteroatoms. The topological polar surface area (TPSA) is 29.3 Å². The predicted molar refractivity (Wildman–Crippen MR) is 85.5 cm³/mol. The molecule has 2 nitrogen and oxygen atoms in total. The van der Waals surface area contributed by atoms with Crippen molar-refractivity contribution in [1.29, 1.82) is 0 Å². The summed E-state index contributed by atoms with van der Waals surface area (Å²) in [6, 6.07) is 9.47. The van der Waals surface area contributed by atoms with Crippen LogP contribution in [0.2, 0.25) is 0 Å². The van der Waals surface area contributed by atoms with E-state index in [9.17, 15) is 0 Å². The highest BCUT2D eigenvalue weighted by molar-refractivity contribution is 14.1. The van der Waals surface area contributed by atoms with Gasteiger partial charge in [0, 0.05) is 9.61 Å². The average molecular weight is 358 g/mol. The first-order valence-corrected chi connectivity index (χ1v) is 7.98. The summed E-state index contributed by atoms with van der Waals surface area (Å²) >= 11 is 2.36. The van der Waals surface area contributed by atoms with Gasteiger partial charge in [-0.2, -0.15) is 0 Å². The van der Waals surface area contributed by atoms with E-state index in [0.29, 0.717) is 6.04 Å². The molecule has 100 valence electrons. The normalized spacial score (nSPS) is 19.9. The van der Waals surface area contributed by atoms with Crippen molar-refractivity contribution in [3.05, 3.63) is 33.4 Å². The van der Waals surface area contributed by atoms with Gasteiger partial charge in [-0.25, -0.2) is 0 Å². The summed E-state index contributed by atoms with van der Waals surface area (Å²) < 4.78 is 1.31. The van der Waals surface area contributed by atoms with E-state index in [1.54, 1.807) is 0 Å². The molecule has 2 N–H and O–H groups in total. The summed E-state index contributed by atoms with van der Waals surface area (Å²) in [5.74, 6) is 0.857. The number of hydrogen-bond donors (Lipinski definition) is 1. The van der Waals surface area contributed by atoms with Crippen LogP contribution in [0.4, 0.5) is 0 Å². The van der Waals surface area contributed by atoms with Crippen molar-refractivity contribution in [3.8, 4) is 0 Å². The highest BCUT2D eigenvalue weighted by atomic mass is 127. The van der Waals surface area contributed by atoms with Gasteiger partial charge < -0.3 is 5.73 Å². The lowest BCUT2D eigenvalue weighted by Crippen LogP contribution is -2.36. The highest BCUT2D eigenvalue weighted by Crippen LogP contribution is 2.27. The van der Waals surface area contributed by atoms with Crippen molar-refractivity contribution in [2.75, 3.05) is 19.6 Å². The molecule has 2 rings (SSSR count). The maximum Gasteiger partial charge on any atom is 0.0319 e. The Labute approximate surface area is 124 Å². The van der Waals surface area contributed by atoms with Crippen LogP contribution < -0.4 is 5.73 Å². The molecule has 1 heterocycles. The Bertz CT molecular complexity index is 355. The van der Waals surface area contributed by atoms with E-state index in [2.05, 4.69) is 58.7 Å². The first-order valence-electron chi connectivity index (χ1n) is 6.90. The van der Waals surface area contributed by atoms with Crippen molar-refractivity contribution >= 4 is 22.6 Å². The Morgan fingerprint density at radius 1 is 1.28 bits per heavy atom. The van der Waals surface area contributed by atoms with Crippen molar-refractivity contribution in [2.45, 2.75) is 32.2 Å². The van der Waals surface area contributed by atoms with Gasteiger partial charge >= 0.3 is 0 Å². The van der Waals surface area contributed by atoms with Crippen LogP contribution in [0.25, 0.3) is 0 Å². The van der Waals surface area contributed by atoms with Gasteiger partial charge in [0.2, 0.25) is 0 Å². The molecule has 1 atom stereocenters. The van der Waals surface area contributed by atoms with Crippen LogP contribution in [0.3, 0.4) is 0 Å². The molecule has 1 fully saturated rings. The number of halogens is 1. The largest absolute Gasteiger partial charge is 0.330 e. The summed E-state index contributed by atoms with van der Waals surface area (Å²) in [4.78, 5) is 2.61. The lowest BCUT2D eigenvalue weighted by molar-refractivity contribution is 0.138. The minimum Gasteiger partial charge on any atom is -0.330 e. The standard InChI is InChI=1S/C15H23IN2/c1-12(14-2-4-15(16)5-3-14)18-10-7-13(6-9-17)8-11-18/h2-5,12-13H,6-11,17H2,1H3. The van der Waals surface area contributed by atoms with E-state index < -0.39 is 0 Å². The van der Waals surface area contributed by atoms with Crippen LogP contribution in [0, 0.1) is 9.49 Å². The number of benzene rings is 1. The molecule has 1 saturated heterocycles. The molecule has 0 aliphatic carbocycles. The third-order valence-corrected chi connectivity index (χ3v) is 4.84. The first-order chi connectivity index (χ1) is 8.70. The fraction of sp³-hybridized carbons (Fsp3) is 0.600. The third-order valence-electron chi connectivity index (χ3n) is 4.12. The summed E-state index contributed by atoms with van der Waals surface area (Å²) in [5.41, 5.74) is 7.08. The molecule has 1 aliphatic rings. The molecule has 0 aromatic heterocycles. The zero-order chi connectivity index (χ0) is 13.0. The molecule has 0 radical (unpaired) electrons. The number of rotatable bonds is 4. The molecule has 0 bridgehead atoms. The minimum absolute atomic E-state index is 0.542. The van der Waals surface area contributed by atoms with Crippen LogP contribution in [0.15, 0.2) is 24.3 Å². The third kappa shape index (κ3) is 3.68. The maximum atomic E-state index is 5.64. The zero-order valence-corrected chi connectivity index (χ0v) is 13.3. The van der Waals surface area contributed by atoms with Gasteiger partial charge in [0.05, 0.1) is 0 Å². The molecule has 0 amide bonds. The van der Waals surface area contributed by atoms with E-state index in [0.717, 1.165) is 12.5 Å². The number of piperidine rings is 1. The average Bonchev–Trinajstić information content (AvgIpc) is 2.40. The number of likely N-dealkylation sites (tertiary alicyclic amines) is 1. The van der Waals surface area contributed by atoms with Crippen LogP contribution in [0.5, 0.6) is 0 Å². The van der Waals surface area contributed by atoms with Gasteiger partial charge in [-0.15, -0.1) is 0 Å². The summed E-state index contributed by atoms with van der Waals surface area (Å²) in [7, 11) is 0. The number of hydrogen-bond acceptors (Lipinski definition) is 2. The van der Waals surface area contributed by atoms with Gasteiger partial charge in [-0.05, 0) is 92.0 Å². The highest BCUT2D eigenvalue weighted by Gasteiger charge is 2.22. The number of nitrogens with zero attached hydrogens (tertiary/aromatic N) is 1. The Morgan fingerprint density at radius 2 is 1.89 bits per heavy atom. The maximum absolute atomic E-state index is 5.64. The Balaban J connectivity index is 1.91. The molecule has 0 saturated carbocycles. The van der Waals surface area contributed by atoms with Crippen LogP contribution in [-0.4, -0.2) is 24.5 Å². The smallest absolute Gasteiger partial charge is 0.0319 e. The van der Waals surface area contributed by atoms with Gasteiger partial charge in [-0.3, -0.25) is 4.90 Å². The summed E-state index contributed by atoms with van der Waals surface area (Å²) in [5, 5.41) is 0. The quantitative estimate of drug-likeness (QED) is 0.836. The van der Waals surface area contributed by atoms with E-state index in [-0.39, 0.29) is 0 Å². The van der Waals surface area contributed by atoms with Gasteiger partial charge in [0.25, 0.3) is 0 Å². The second kappa shape index (κ2) is 6.87. The molecule has 18 heavy (non-hydrogen) atoms. The number of nitrogens with two attached hydrogens (primary N) is 1. The van der Waals surface area contributed by atoms with Gasteiger partial charge in [-0.1, -0.05) is 12.1 Å². The first kappa shape index (κ1) is 14.3. The second-order valence-corrected chi connectivity index (χ2v) is 6.53. The molecule has 1 unspecified atom stereocenters. The van der Waals surface area contributed by atoms with Gasteiger partial charge in [0.15, 0.2) is 0 Å². The molecular weight excluding hydrogens is 335 g/mol. The second-order valence-electron chi connectivity index (χ2n) is 5.28. The molecule has 1 aromatic rings. The van der Waals surface area contributed by atoms with Crippen molar-refractivity contribution < 1.29 is 0 Å². The fourth-order valence-corrected chi connectivity index (χ4v) is 3.18. The SMILES string of the molecule is CC(c1ccc(I)cc1)N1CCC(CCN)CC1. The van der Waals surface area contributed by atoms with Crippen LogP contribution >= 0.6 is 22.6 Å². The molecule has 1 aromatic carbocycles. The molecule has 1 aliphatic heterocycles. The van der Waals surface area contributed by atoms with Crippen LogP contribution in [-0.2, 0) is 0 Å². The molecule has 0 spiro atoms. The Hall–Kier alpha value is -0.130. The van der Waals surface area contributed by atoms with E-state index in [1.807, 2.05) is 0 Å². The molecular formula is C15H23IN2. The van der Waals surface area contributed by atoms with E-state index in [1.165, 1.54) is 41.5 Å². The summed E-state index contributed by atoms with van der Waals surface area (Å²) in [6.45, 7) is 5.61. The van der Waals surface area contributed by atoms with Crippen LogP contribution in [0.1, 0.15) is 37.8 Å². The van der Waals surface area contributed by atoms with Crippen molar-refractivity contribution in [1.82, 2.24) is 4.90 Å². The van der Waals surface area contributed by atoms with E-state index >= 15 is 0 Å². The van der Waals surface area contributed by atoms with Gasteiger partial charge in [0.1, 0.15) is 0 Å². The summed E-state index contributed by atoms with van der Waals surface area (Å²) in [6.07, 6.45) is 3.82. The van der Waals surface area contributed by atoms with Crippen molar-refractivity contribution in [3.63, 3.8) is 0 Å². The monoisotopic (exact) mass is 358 g/mol. The fourth-order valence-electron chi connectivity index (χ4n) is 2.82.